The maximum absolute atomic E-state index is 6.58. The SMILES string of the molecule is C=C[C@H]1OC2(CCCC3=CC4=C(CNN4c4ccc(C)c(Cl)c4)C[C@@]32C)O[C@@H]1C=C. The van der Waals surface area contributed by atoms with Crippen molar-refractivity contribution in [3.63, 3.8) is 0 Å². The van der Waals surface area contributed by atoms with Gasteiger partial charge in [-0.3, -0.25) is 5.01 Å². The zero-order chi connectivity index (χ0) is 21.1. The predicted octanol–water partition coefficient (Wildman–Crippen LogP) is 5.60. The summed E-state index contributed by atoms with van der Waals surface area (Å²) in [7, 11) is 0. The largest absolute Gasteiger partial charge is 0.339 e. The quantitative estimate of drug-likeness (QED) is 0.640. The number of aryl methyl sites for hydroxylation is 1. The Bertz CT molecular complexity index is 965. The molecule has 1 aromatic carbocycles. The molecule has 1 aromatic rings. The number of hydrogen-bond donors (Lipinski definition) is 1. The van der Waals surface area contributed by atoms with Crippen molar-refractivity contribution in [1.82, 2.24) is 5.43 Å². The molecular formula is C25H29ClN2O2. The van der Waals surface area contributed by atoms with Crippen molar-refractivity contribution in [1.29, 1.82) is 0 Å². The molecule has 4 nitrogen and oxygen atoms in total. The van der Waals surface area contributed by atoms with E-state index in [-0.39, 0.29) is 17.6 Å². The molecule has 0 aromatic heterocycles. The van der Waals surface area contributed by atoms with Gasteiger partial charge in [-0.15, -0.1) is 13.2 Å². The Morgan fingerprint density at radius 3 is 2.63 bits per heavy atom. The minimum Gasteiger partial charge on any atom is -0.339 e. The van der Waals surface area contributed by atoms with E-state index in [1.807, 2.05) is 25.1 Å². The van der Waals surface area contributed by atoms with Crippen molar-refractivity contribution in [3.05, 3.63) is 77.0 Å². The number of nitrogens with zero attached hydrogens (tertiary/aromatic N) is 1. The van der Waals surface area contributed by atoms with Gasteiger partial charge in [-0.2, -0.15) is 0 Å². The summed E-state index contributed by atoms with van der Waals surface area (Å²) in [6, 6.07) is 6.21. The molecule has 0 bridgehead atoms. The van der Waals surface area contributed by atoms with E-state index in [1.165, 1.54) is 16.8 Å². The lowest BCUT2D eigenvalue weighted by molar-refractivity contribution is -0.243. The summed E-state index contributed by atoms with van der Waals surface area (Å²) in [5.41, 5.74) is 9.50. The third kappa shape index (κ3) is 2.78. The first-order chi connectivity index (χ1) is 14.4. The van der Waals surface area contributed by atoms with E-state index in [9.17, 15) is 0 Å². The van der Waals surface area contributed by atoms with Crippen LogP contribution in [0.2, 0.25) is 5.02 Å². The molecule has 0 amide bonds. The molecule has 3 atom stereocenters. The summed E-state index contributed by atoms with van der Waals surface area (Å²) in [4.78, 5) is 0. The van der Waals surface area contributed by atoms with E-state index in [0.717, 1.165) is 48.5 Å². The number of hydrazine groups is 1. The fraction of sp³-hybridized carbons (Fsp3) is 0.440. The Labute approximate surface area is 183 Å². The Hall–Kier alpha value is -1.85. The lowest BCUT2D eigenvalue weighted by Crippen LogP contribution is -2.52. The van der Waals surface area contributed by atoms with Crippen LogP contribution in [-0.4, -0.2) is 24.5 Å². The third-order valence-corrected chi connectivity index (χ3v) is 7.70. The molecule has 5 rings (SSSR count). The normalized spacial score (nSPS) is 32.1. The van der Waals surface area contributed by atoms with Crippen LogP contribution in [0.25, 0.3) is 0 Å². The number of nitrogens with one attached hydrogen (secondary N) is 1. The van der Waals surface area contributed by atoms with Crippen LogP contribution in [-0.2, 0) is 9.47 Å². The molecule has 30 heavy (non-hydrogen) atoms. The van der Waals surface area contributed by atoms with Gasteiger partial charge < -0.3 is 9.47 Å². The number of ether oxygens (including phenoxy) is 2. The van der Waals surface area contributed by atoms with Crippen molar-refractivity contribution in [2.45, 2.75) is 57.5 Å². The van der Waals surface area contributed by atoms with Crippen molar-refractivity contribution in [3.8, 4) is 0 Å². The minimum absolute atomic E-state index is 0.151. The number of hydrogen-bond acceptors (Lipinski definition) is 4. The third-order valence-electron chi connectivity index (χ3n) is 7.29. The van der Waals surface area contributed by atoms with Crippen LogP contribution < -0.4 is 10.4 Å². The Balaban J connectivity index is 1.51. The average Bonchev–Trinajstić information content (AvgIpc) is 3.31. The molecule has 158 valence electrons. The van der Waals surface area contributed by atoms with Gasteiger partial charge in [0.25, 0.3) is 0 Å². The highest BCUT2D eigenvalue weighted by atomic mass is 35.5. The van der Waals surface area contributed by atoms with E-state index in [2.05, 4.69) is 48.7 Å². The van der Waals surface area contributed by atoms with Crippen LogP contribution in [0.15, 0.2) is 66.4 Å². The van der Waals surface area contributed by atoms with Crippen LogP contribution in [0.4, 0.5) is 5.69 Å². The van der Waals surface area contributed by atoms with E-state index >= 15 is 0 Å². The predicted molar refractivity (Wildman–Crippen MR) is 121 cm³/mol. The van der Waals surface area contributed by atoms with E-state index in [1.54, 1.807) is 0 Å². The molecule has 0 radical (unpaired) electrons. The molecule has 1 saturated carbocycles. The summed E-state index contributed by atoms with van der Waals surface area (Å²) in [5.74, 6) is -0.631. The molecule has 2 fully saturated rings. The fourth-order valence-corrected chi connectivity index (χ4v) is 5.68. The molecule has 1 N–H and O–H groups in total. The number of benzene rings is 1. The van der Waals surface area contributed by atoms with Crippen molar-refractivity contribution in [2.24, 2.45) is 5.41 Å². The van der Waals surface area contributed by atoms with Gasteiger partial charge in [0, 0.05) is 23.4 Å². The second-order valence-corrected chi connectivity index (χ2v) is 9.42. The number of rotatable bonds is 3. The number of allylic oxidation sites excluding steroid dienone is 1. The Morgan fingerprint density at radius 1 is 1.23 bits per heavy atom. The summed E-state index contributed by atoms with van der Waals surface area (Å²) in [6.45, 7) is 13.0. The standard InChI is InChI=1S/C25H29ClN2O2/c1-5-22-23(6-2)30-25(29-22)11-7-8-18-12-21-17(14-24(18,25)4)15-27-28(21)19-10-9-16(3)20(26)13-19/h5-6,9-10,12-13,22-23,27H,1-2,7-8,11,14-15H2,3-4H3/t22-,23-,24+/m1/s1. The molecule has 2 aliphatic carbocycles. The molecular weight excluding hydrogens is 396 g/mol. The molecule has 1 spiro atoms. The van der Waals surface area contributed by atoms with Crippen LogP contribution in [0.1, 0.15) is 38.2 Å². The number of fused-ring (bicyclic) bond motifs is 2. The summed E-state index contributed by atoms with van der Waals surface area (Å²) in [6.07, 6.45) is 9.64. The molecule has 4 aliphatic rings. The molecule has 2 heterocycles. The zero-order valence-electron chi connectivity index (χ0n) is 17.7. The fourth-order valence-electron chi connectivity index (χ4n) is 5.50. The van der Waals surface area contributed by atoms with Gasteiger partial charge in [0.05, 0.1) is 11.4 Å². The summed E-state index contributed by atoms with van der Waals surface area (Å²) >= 11 is 6.40. The highest BCUT2D eigenvalue weighted by Crippen LogP contribution is 2.59. The summed E-state index contributed by atoms with van der Waals surface area (Å²) in [5, 5.41) is 2.95. The first-order valence-electron chi connectivity index (χ1n) is 10.7. The van der Waals surface area contributed by atoms with Gasteiger partial charge in [-0.05, 0) is 55.5 Å². The topological polar surface area (TPSA) is 33.7 Å². The monoisotopic (exact) mass is 424 g/mol. The van der Waals surface area contributed by atoms with Crippen LogP contribution in [0.3, 0.4) is 0 Å². The second kappa shape index (κ2) is 7.10. The summed E-state index contributed by atoms with van der Waals surface area (Å²) < 4.78 is 13.2. The van der Waals surface area contributed by atoms with Crippen LogP contribution >= 0.6 is 11.6 Å². The van der Waals surface area contributed by atoms with Crippen LogP contribution in [0.5, 0.6) is 0 Å². The lowest BCUT2D eigenvalue weighted by Gasteiger charge is -2.51. The molecule has 0 unspecified atom stereocenters. The number of halogens is 1. The van der Waals surface area contributed by atoms with Gasteiger partial charge in [0.15, 0.2) is 5.79 Å². The van der Waals surface area contributed by atoms with Gasteiger partial charge in [-0.25, -0.2) is 5.43 Å². The first kappa shape index (κ1) is 20.1. The van der Waals surface area contributed by atoms with E-state index in [4.69, 9.17) is 21.1 Å². The van der Waals surface area contributed by atoms with Gasteiger partial charge in [0.1, 0.15) is 12.2 Å². The molecule has 5 heteroatoms. The highest BCUT2D eigenvalue weighted by molar-refractivity contribution is 6.31. The highest BCUT2D eigenvalue weighted by Gasteiger charge is 2.61. The van der Waals surface area contributed by atoms with Crippen molar-refractivity contribution >= 4 is 17.3 Å². The molecule has 1 saturated heterocycles. The zero-order valence-corrected chi connectivity index (χ0v) is 18.5. The van der Waals surface area contributed by atoms with Crippen molar-refractivity contribution in [2.75, 3.05) is 11.6 Å². The second-order valence-electron chi connectivity index (χ2n) is 9.01. The van der Waals surface area contributed by atoms with E-state index < -0.39 is 5.79 Å². The number of anilines is 1. The minimum atomic E-state index is -0.631. The first-order valence-corrected chi connectivity index (χ1v) is 11.1. The maximum atomic E-state index is 6.58. The lowest BCUT2D eigenvalue weighted by atomic mass is 9.61. The van der Waals surface area contributed by atoms with Gasteiger partial charge in [-0.1, -0.05) is 42.3 Å². The Morgan fingerprint density at radius 2 is 1.97 bits per heavy atom. The van der Waals surface area contributed by atoms with Crippen molar-refractivity contribution < 1.29 is 9.47 Å². The Kier molecular flexibility index (Phi) is 4.75. The smallest absolute Gasteiger partial charge is 0.179 e. The van der Waals surface area contributed by atoms with Gasteiger partial charge in [0.2, 0.25) is 0 Å². The van der Waals surface area contributed by atoms with Gasteiger partial charge >= 0.3 is 0 Å². The van der Waals surface area contributed by atoms with Crippen LogP contribution in [0, 0.1) is 12.3 Å². The maximum Gasteiger partial charge on any atom is 0.179 e. The average molecular weight is 425 g/mol. The molecule has 2 aliphatic heterocycles. The van der Waals surface area contributed by atoms with E-state index in [0.29, 0.717) is 0 Å².